The van der Waals surface area contributed by atoms with E-state index >= 15 is 0 Å². The summed E-state index contributed by atoms with van der Waals surface area (Å²) < 4.78 is 4.92. The van der Waals surface area contributed by atoms with Crippen molar-refractivity contribution in [1.29, 1.82) is 0 Å². The SMILES string of the molecule is CCOC(=O)c1cc2c(CC)c[nH]c2cn1. The third-order valence-corrected chi connectivity index (χ3v) is 2.52. The van der Waals surface area contributed by atoms with Gasteiger partial charge in [-0.05, 0) is 25.0 Å². The molecule has 0 aliphatic carbocycles. The Hall–Kier alpha value is -1.84. The maximum Gasteiger partial charge on any atom is 0.356 e. The number of rotatable bonds is 3. The molecule has 0 amide bonds. The highest BCUT2D eigenvalue weighted by molar-refractivity contribution is 5.93. The van der Waals surface area contributed by atoms with Gasteiger partial charge < -0.3 is 9.72 Å². The fourth-order valence-electron chi connectivity index (χ4n) is 1.69. The number of fused-ring (bicyclic) bond motifs is 1. The minimum Gasteiger partial charge on any atom is -0.461 e. The van der Waals surface area contributed by atoms with Crippen molar-refractivity contribution in [2.45, 2.75) is 20.3 Å². The van der Waals surface area contributed by atoms with E-state index in [9.17, 15) is 4.79 Å². The van der Waals surface area contributed by atoms with Crippen LogP contribution in [0.5, 0.6) is 0 Å². The van der Waals surface area contributed by atoms with Crippen LogP contribution in [0.1, 0.15) is 29.9 Å². The molecular weight excluding hydrogens is 204 g/mol. The lowest BCUT2D eigenvalue weighted by Crippen LogP contribution is -2.06. The zero-order chi connectivity index (χ0) is 11.5. The number of pyridine rings is 1. The summed E-state index contributed by atoms with van der Waals surface area (Å²) in [7, 11) is 0. The second-order valence-corrected chi connectivity index (χ2v) is 3.50. The number of nitrogens with zero attached hydrogens (tertiary/aromatic N) is 1. The lowest BCUT2D eigenvalue weighted by atomic mass is 10.1. The molecule has 2 aromatic heterocycles. The Morgan fingerprint density at radius 2 is 2.31 bits per heavy atom. The van der Waals surface area contributed by atoms with Crippen LogP contribution in [-0.4, -0.2) is 22.5 Å². The van der Waals surface area contributed by atoms with Crippen LogP contribution in [0.25, 0.3) is 10.9 Å². The number of H-pyrrole nitrogens is 1. The van der Waals surface area contributed by atoms with Gasteiger partial charge in [-0.3, -0.25) is 0 Å². The number of ether oxygens (including phenoxy) is 1. The molecule has 16 heavy (non-hydrogen) atoms. The average molecular weight is 218 g/mol. The van der Waals surface area contributed by atoms with E-state index in [1.807, 2.05) is 6.20 Å². The minimum absolute atomic E-state index is 0.364. The molecule has 0 saturated heterocycles. The second kappa shape index (κ2) is 4.35. The third kappa shape index (κ3) is 1.78. The van der Waals surface area contributed by atoms with Gasteiger partial charge in [-0.1, -0.05) is 6.92 Å². The summed E-state index contributed by atoms with van der Waals surface area (Å²) >= 11 is 0. The molecule has 2 rings (SSSR count). The van der Waals surface area contributed by atoms with E-state index in [1.165, 1.54) is 5.56 Å². The molecule has 0 radical (unpaired) electrons. The summed E-state index contributed by atoms with van der Waals surface area (Å²) in [5, 5.41) is 1.04. The molecule has 0 aliphatic heterocycles. The van der Waals surface area contributed by atoms with Crippen molar-refractivity contribution in [3.05, 3.63) is 29.7 Å². The molecule has 0 aliphatic rings. The van der Waals surface area contributed by atoms with Crippen molar-refractivity contribution in [3.63, 3.8) is 0 Å². The molecule has 0 spiro atoms. The highest BCUT2D eigenvalue weighted by Crippen LogP contribution is 2.19. The molecular formula is C12H14N2O2. The van der Waals surface area contributed by atoms with E-state index in [1.54, 1.807) is 19.2 Å². The summed E-state index contributed by atoms with van der Waals surface area (Å²) in [6, 6.07) is 1.78. The first kappa shape index (κ1) is 10.7. The minimum atomic E-state index is -0.368. The first-order valence-electron chi connectivity index (χ1n) is 5.39. The number of nitrogens with one attached hydrogen (secondary N) is 1. The smallest absolute Gasteiger partial charge is 0.356 e. The molecule has 2 aromatic rings. The Kier molecular flexibility index (Phi) is 2.90. The highest BCUT2D eigenvalue weighted by atomic mass is 16.5. The molecule has 4 heteroatoms. The molecule has 0 atom stereocenters. The fraction of sp³-hybridized carbons (Fsp3) is 0.333. The van der Waals surface area contributed by atoms with Crippen molar-refractivity contribution in [2.75, 3.05) is 6.61 Å². The molecule has 4 nitrogen and oxygen atoms in total. The quantitative estimate of drug-likeness (QED) is 0.804. The van der Waals surface area contributed by atoms with E-state index in [2.05, 4.69) is 16.9 Å². The van der Waals surface area contributed by atoms with Crippen LogP contribution in [0.3, 0.4) is 0 Å². The maximum atomic E-state index is 11.5. The molecule has 2 heterocycles. The van der Waals surface area contributed by atoms with E-state index in [4.69, 9.17) is 4.74 Å². The van der Waals surface area contributed by atoms with Gasteiger partial charge in [0, 0.05) is 11.6 Å². The fourth-order valence-corrected chi connectivity index (χ4v) is 1.69. The van der Waals surface area contributed by atoms with Gasteiger partial charge in [-0.2, -0.15) is 0 Å². The van der Waals surface area contributed by atoms with Gasteiger partial charge in [0.15, 0.2) is 0 Å². The zero-order valence-corrected chi connectivity index (χ0v) is 9.41. The third-order valence-electron chi connectivity index (χ3n) is 2.52. The monoisotopic (exact) mass is 218 g/mol. The standard InChI is InChI=1S/C12H14N2O2/c1-3-8-6-13-11-7-14-10(5-9(8)11)12(15)16-4-2/h5-7,13H,3-4H2,1-2H3. The number of carbonyl (C=O) groups is 1. The summed E-state index contributed by atoms with van der Waals surface area (Å²) in [5.74, 6) is -0.368. The first-order chi connectivity index (χ1) is 7.76. The largest absolute Gasteiger partial charge is 0.461 e. The number of carbonyl (C=O) groups excluding carboxylic acids is 1. The van der Waals surface area contributed by atoms with Crippen LogP contribution in [0.15, 0.2) is 18.5 Å². The van der Waals surface area contributed by atoms with Gasteiger partial charge >= 0.3 is 5.97 Å². The van der Waals surface area contributed by atoms with Crippen LogP contribution in [0.4, 0.5) is 0 Å². The number of aromatic amines is 1. The maximum absolute atomic E-state index is 11.5. The Morgan fingerprint density at radius 1 is 1.50 bits per heavy atom. The Morgan fingerprint density at radius 3 is 3.00 bits per heavy atom. The van der Waals surface area contributed by atoms with Crippen LogP contribution in [-0.2, 0) is 11.2 Å². The van der Waals surface area contributed by atoms with Crippen molar-refractivity contribution in [3.8, 4) is 0 Å². The molecule has 0 saturated carbocycles. The van der Waals surface area contributed by atoms with Gasteiger partial charge in [-0.15, -0.1) is 0 Å². The van der Waals surface area contributed by atoms with Gasteiger partial charge in [0.1, 0.15) is 5.69 Å². The number of aryl methyl sites for hydroxylation is 1. The predicted molar refractivity (Wildman–Crippen MR) is 61.4 cm³/mol. The molecule has 1 N–H and O–H groups in total. The van der Waals surface area contributed by atoms with Crippen LogP contribution >= 0.6 is 0 Å². The molecule has 0 fully saturated rings. The highest BCUT2D eigenvalue weighted by Gasteiger charge is 2.10. The lowest BCUT2D eigenvalue weighted by molar-refractivity contribution is 0.0520. The molecule has 84 valence electrons. The number of aromatic nitrogens is 2. The summed E-state index contributed by atoms with van der Waals surface area (Å²) in [4.78, 5) is 18.7. The average Bonchev–Trinajstić information content (AvgIpc) is 2.71. The zero-order valence-electron chi connectivity index (χ0n) is 9.41. The van der Waals surface area contributed by atoms with Crippen LogP contribution in [0, 0.1) is 0 Å². The molecule has 0 bridgehead atoms. The van der Waals surface area contributed by atoms with Crippen molar-refractivity contribution < 1.29 is 9.53 Å². The molecule has 0 aromatic carbocycles. The van der Waals surface area contributed by atoms with Gasteiger partial charge in [0.2, 0.25) is 0 Å². The van der Waals surface area contributed by atoms with Gasteiger partial charge in [0.05, 0.1) is 18.3 Å². The predicted octanol–water partition coefficient (Wildman–Crippen LogP) is 2.30. The van der Waals surface area contributed by atoms with Gasteiger partial charge in [0.25, 0.3) is 0 Å². The Balaban J connectivity index is 2.45. The Bertz CT molecular complexity index is 517. The number of hydrogen-bond donors (Lipinski definition) is 1. The Labute approximate surface area is 93.6 Å². The van der Waals surface area contributed by atoms with E-state index in [0.29, 0.717) is 12.3 Å². The lowest BCUT2D eigenvalue weighted by Gasteiger charge is -2.01. The van der Waals surface area contributed by atoms with E-state index < -0.39 is 0 Å². The van der Waals surface area contributed by atoms with Crippen LogP contribution < -0.4 is 0 Å². The van der Waals surface area contributed by atoms with Crippen molar-refractivity contribution in [1.82, 2.24) is 9.97 Å². The normalized spacial score (nSPS) is 10.6. The van der Waals surface area contributed by atoms with Crippen molar-refractivity contribution >= 4 is 16.9 Å². The van der Waals surface area contributed by atoms with Crippen molar-refractivity contribution in [2.24, 2.45) is 0 Å². The number of hydrogen-bond acceptors (Lipinski definition) is 3. The summed E-state index contributed by atoms with van der Waals surface area (Å²) in [6.07, 6.45) is 4.54. The topological polar surface area (TPSA) is 55.0 Å². The van der Waals surface area contributed by atoms with E-state index in [-0.39, 0.29) is 5.97 Å². The van der Waals surface area contributed by atoms with E-state index in [0.717, 1.165) is 17.3 Å². The number of esters is 1. The summed E-state index contributed by atoms with van der Waals surface area (Å²) in [5.41, 5.74) is 2.50. The first-order valence-corrected chi connectivity index (χ1v) is 5.39. The van der Waals surface area contributed by atoms with Gasteiger partial charge in [-0.25, -0.2) is 9.78 Å². The van der Waals surface area contributed by atoms with Crippen LogP contribution in [0.2, 0.25) is 0 Å². The summed E-state index contributed by atoms with van der Waals surface area (Å²) in [6.45, 7) is 4.23. The second-order valence-electron chi connectivity index (χ2n) is 3.50. The molecule has 0 unspecified atom stereocenters.